The predicted octanol–water partition coefficient (Wildman–Crippen LogP) is 4.05. The van der Waals surface area contributed by atoms with Crippen LogP contribution in [0, 0.1) is 5.41 Å². The molecule has 0 aliphatic heterocycles. The summed E-state index contributed by atoms with van der Waals surface area (Å²) < 4.78 is 89.2. The lowest BCUT2D eigenvalue weighted by Gasteiger charge is -2.50. The zero-order valence-corrected chi connectivity index (χ0v) is 9.79. The third-order valence-electron chi connectivity index (χ3n) is 3.08. The van der Waals surface area contributed by atoms with Crippen LogP contribution in [0.4, 0.5) is 30.7 Å². The van der Waals surface area contributed by atoms with Gasteiger partial charge in [0, 0.05) is 11.8 Å². The maximum atomic E-state index is 12.8. The third kappa shape index (κ3) is 2.26. The number of alkyl halides is 6. The highest BCUT2D eigenvalue weighted by molar-refractivity contribution is 5.30. The highest BCUT2D eigenvalue weighted by Crippen LogP contribution is 2.62. The summed E-state index contributed by atoms with van der Waals surface area (Å²) in [5.41, 5.74) is -7.81. The van der Waals surface area contributed by atoms with Crippen LogP contribution < -0.4 is 0 Å². The molecule has 0 saturated heterocycles. The molecular weight excluding hydrogens is 281 g/mol. The van der Waals surface area contributed by atoms with Gasteiger partial charge in [-0.15, -0.1) is 6.58 Å². The first-order chi connectivity index (χ1) is 8.27. The highest BCUT2D eigenvalue weighted by Gasteiger charge is 2.79. The topological polar surface area (TPSA) is 20.2 Å². The van der Waals surface area contributed by atoms with Gasteiger partial charge in [-0.05, 0) is 19.4 Å². The monoisotopic (exact) mass is 292 g/mol. The SMILES string of the molecule is C=C(C)CC1(C(O)(C(F)(F)F)C(F)(F)F)C=C(F)C1. The molecule has 0 aromatic rings. The largest absolute Gasteiger partial charge is 0.427 e. The molecule has 1 unspecified atom stereocenters. The quantitative estimate of drug-likeness (QED) is 0.614. The molecule has 110 valence electrons. The first kappa shape index (κ1) is 16.0. The molecule has 0 heterocycles. The summed E-state index contributed by atoms with van der Waals surface area (Å²) in [7, 11) is 0. The summed E-state index contributed by atoms with van der Waals surface area (Å²) >= 11 is 0. The number of hydrogen-bond donors (Lipinski definition) is 1. The molecule has 1 rings (SSSR count). The van der Waals surface area contributed by atoms with Crippen molar-refractivity contribution in [3.05, 3.63) is 24.1 Å². The fourth-order valence-corrected chi connectivity index (χ4v) is 2.31. The first-order valence-electron chi connectivity index (χ1n) is 5.14. The smallest absolute Gasteiger partial charge is 0.373 e. The third-order valence-corrected chi connectivity index (χ3v) is 3.08. The minimum atomic E-state index is -5.97. The van der Waals surface area contributed by atoms with E-state index in [0.29, 0.717) is 0 Å². The Kier molecular flexibility index (Phi) is 3.56. The Hall–Kier alpha value is -1.05. The Bertz CT molecular complexity index is 404. The summed E-state index contributed by atoms with van der Waals surface area (Å²) in [4.78, 5) is 0. The van der Waals surface area contributed by atoms with Gasteiger partial charge in [-0.25, -0.2) is 4.39 Å². The zero-order valence-electron chi connectivity index (χ0n) is 9.79. The van der Waals surface area contributed by atoms with Crippen molar-refractivity contribution in [1.29, 1.82) is 0 Å². The summed E-state index contributed by atoms with van der Waals surface area (Å²) in [5.74, 6) is -1.12. The van der Waals surface area contributed by atoms with Gasteiger partial charge in [-0.2, -0.15) is 26.3 Å². The van der Waals surface area contributed by atoms with E-state index in [2.05, 4.69) is 6.58 Å². The molecule has 0 aromatic carbocycles. The fourth-order valence-electron chi connectivity index (χ4n) is 2.31. The van der Waals surface area contributed by atoms with Crippen molar-refractivity contribution in [2.45, 2.75) is 37.7 Å². The van der Waals surface area contributed by atoms with Crippen LogP contribution >= 0.6 is 0 Å². The Morgan fingerprint density at radius 2 is 1.63 bits per heavy atom. The van der Waals surface area contributed by atoms with E-state index in [0.717, 1.165) is 0 Å². The van der Waals surface area contributed by atoms with Gasteiger partial charge in [0.15, 0.2) is 0 Å². The van der Waals surface area contributed by atoms with Crippen LogP contribution in [0.25, 0.3) is 0 Å². The lowest BCUT2D eigenvalue weighted by Crippen LogP contribution is -2.68. The molecule has 0 spiro atoms. The van der Waals surface area contributed by atoms with Crippen LogP contribution in [-0.4, -0.2) is 23.1 Å². The minimum Gasteiger partial charge on any atom is -0.373 e. The van der Waals surface area contributed by atoms with Crippen molar-refractivity contribution in [2.75, 3.05) is 0 Å². The van der Waals surface area contributed by atoms with E-state index < -0.39 is 42.0 Å². The molecule has 0 bridgehead atoms. The molecule has 1 aliphatic carbocycles. The minimum absolute atomic E-state index is 0.0179. The summed E-state index contributed by atoms with van der Waals surface area (Å²) in [6.07, 6.45) is -13.7. The van der Waals surface area contributed by atoms with E-state index in [-0.39, 0.29) is 11.6 Å². The van der Waals surface area contributed by atoms with Gasteiger partial charge in [0.2, 0.25) is 0 Å². The summed E-state index contributed by atoms with van der Waals surface area (Å²) in [6, 6.07) is 0. The van der Waals surface area contributed by atoms with Gasteiger partial charge < -0.3 is 5.11 Å². The van der Waals surface area contributed by atoms with Gasteiger partial charge >= 0.3 is 12.4 Å². The molecule has 0 aromatic heterocycles. The molecule has 1 atom stereocenters. The van der Waals surface area contributed by atoms with Crippen molar-refractivity contribution in [2.24, 2.45) is 5.41 Å². The van der Waals surface area contributed by atoms with E-state index >= 15 is 0 Å². The molecule has 8 heteroatoms. The second-order valence-electron chi connectivity index (χ2n) is 4.76. The normalized spacial score (nSPS) is 24.8. The standard InChI is InChI=1S/C11H11F7O/c1-6(2)3-8(4-7(12)5-8)9(19,10(13,14)15)11(16,17)18/h4,19H,1,3,5H2,2H3. The Morgan fingerprint density at radius 3 is 1.84 bits per heavy atom. The van der Waals surface area contributed by atoms with Gasteiger partial charge in [0.05, 0.1) is 5.83 Å². The zero-order chi connectivity index (χ0) is 15.3. The number of rotatable bonds is 3. The molecule has 19 heavy (non-hydrogen) atoms. The fraction of sp³-hybridized carbons (Fsp3) is 0.636. The van der Waals surface area contributed by atoms with Crippen molar-refractivity contribution in [3.8, 4) is 0 Å². The lowest BCUT2D eigenvalue weighted by atomic mass is 9.59. The van der Waals surface area contributed by atoms with E-state index in [1.807, 2.05) is 0 Å². The second-order valence-corrected chi connectivity index (χ2v) is 4.76. The molecule has 0 amide bonds. The van der Waals surface area contributed by atoms with E-state index in [1.165, 1.54) is 6.92 Å². The van der Waals surface area contributed by atoms with Gasteiger partial charge in [-0.1, -0.05) is 5.57 Å². The number of allylic oxidation sites excluding steroid dienone is 2. The van der Waals surface area contributed by atoms with Crippen LogP contribution in [0.2, 0.25) is 0 Å². The van der Waals surface area contributed by atoms with Crippen LogP contribution in [-0.2, 0) is 0 Å². The molecule has 1 aliphatic rings. The number of halogens is 7. The first-order valence-corrected chi connectivity index (χ1v) is 5.14. The average Bonchev–Trinajstić information content (AvgIpc) is 2.08. The van der Waals surface area contributed by atoms with Crippen molar-refractivity contribution < 1.29 is 35.8 Å². The van der Waals surface area contributed by atoms with Gasteiger partial charge in [-0.3, -0.25) is 0 Å². The molecule has 0 saturated carbocycles. The second kappa shape index (κ2) is 4.22. The molecule has 0 fully saturated rings. The van der Waals surface area contributed by atoms with Crippen molar-refractivity contribution in [1.82, 2.24) is 0 Å². The van der Waals surface area contributed by atoms with Crippen molar-refractivity contribution in [3.63, 3.8) is 0 Å². The summed E-state index contributed by atoms with van der Waals surface area (Å²) in [5, 5.41) is 9.32. The Balaban J connectivity index is 3.43. The summed E-state index contributed by atoms with van der Waals surface area (Å²) in [6.45, 7) is 4.43. The molecule has 1 N–H and O–H groups in total. The van der Waals surface area contributed by atoms with Crippen LogP contribution in [0.3, 0.4) is 0 Å². The maximum Gasteiger partial charge on any atom is 0.427 e. The highest BCUT2D eigenvalue weighted by atomic mass is 19.4. The average molecular weight is 292 g/mol. The molecule has 1 nitrogen and oxygen atoms in total. The van der Waals surface area contributed by atoms with Crippen LogP contribution in [0.15, 0.2) is 24.1 Å². The van der Waals surface area contributed by atoms with Gasteiger partial charge in [0.1, 0.15) is 0 Å². The van der Waals surface area contributed by atoms with Gasteiger partial charge in [0.25, 0.3) is 5.60 Å². The Morgan fingerprint density at radius 1 is 1.26 bits per heavy atom. The predicted molar refractivity (Wildman–Crippen MR) is 52.7 cm³/mol. The van der Waals surface area contributed by atoms with Crippen LogP contribution in [0.1, 0.15) is 19.8 Å². The molecule has 0 radical (unpaired) electrons. The van der Waals surface area contributed by atoms with E-state index in [9.17, 15) is 35.8 Å². The Labute approximate surface area is 104 Å². The number of hydrogen-bond acceptors (Lipinski definition) is 1. The number of aliphatic hydroxyl groups is 1. The maximum absolute atomic E-state index is 12.8. The van der Waals surface area contributed by atoms with E-state index in [4.69, 9.17) is 0 Å². The van der Waals surface area contributed by atoms with E-state index in [1.54, 1.807) is 0 Å². The van der Waals surface area contributed by atoms with Crippen LogP contribution in [0.5, 0.6) is 0 Å². The molecular formula is C11H11F7O. The lowest BCUT2D eigenvalue weighted by molar-refractivity contribution is -0.400. The van der Waals surface area contributed by atoms with Crippen molar-refractivity contribution >= 4 is 0 Å².